The summed E-state index contributed by atoms with van der Waals surface area (Å²) in [5.41, 5.74) is 15.0. The topological polar surface area (TPSA) is 52.0 Å². The van der Waals surface area contributed by atoms with E-state index in [2.05, 4.69) is 19.9 Å². The molecule has 0 radical (unpaired) electrons. The maximum absolute atomic E-state index is 6.10. The second-order valence-corrected chi connectivity index (χ2v) is 4.01. The number of hydrogen-bond donors (Lipinski definition) is 2. The molecule has 0 saturated carbocycles. The SMILES string of the molecule is CC1=CC(C)(N)C(C)C(C)=C1N. The summed E-state index contributed by atoms with van der Waals surface area (Å²) < 4.78 is 0. The van der Waals surface area contributed by atoms with Crippen LogP contribution in [0.25, 0.3) is 0 Å². The number of allylic oxidation sites excluding steroid dienone is 1. The molecule has 0 aromatic carbocycles. The van der Waals surface area contributed by atoms with Crippen LogP contribution in [-0.2, 0) is 0 Å². The van der Waals surface area contributed by atoms with Gasteiger partial charge in [0.25, 0.3) is 0 Å². The van der Waals surface area contributed by atoms with Crippen molar-refractivity contribution in [2.24, 2.45) is 17.4 Å². The fourth-order valence-corrected chi connectivity index (χ4v) is 1.68. The Bertz CT molecular complexity index is 259. The molecule has 0 spiro atoms. The standard InChI is InChI=1S/C10H18N2/c1-6-5-10(4,12)8(3)7(2)9(6)11/h5,8H,11-12H2,1-4H3. The lowest BCUT2D eigenvalue weighted by Crippen LogP contribution is -2.44. The summed E-state index contributed by atoms with van der Waals surface area (Å²) in [4.78, 5) is 0. The minimum absolute atomic E-state index is 0.239. The molecule has 2 unspecified atom stereocenters. The van der Waals surface area contributed by atoms with Crippen LogP contribution in [0, 0.1) is 5.92 Å². The Balaban J connectivity index is 3.15. The summed E-state index contributed by atoms with van der Waals surface area (Å²) in [5.74, 6) is 0.334. The summed E-state index contributed by atoms with van der Waals surface area (Å²) in [7, 11) is 0. The third-order valence-corrected chi connectivity index (χ3v) is 2.96. The molecule has 1 aliphatic carbocycles. The van der Waals surface area contributed by atoms with Crippen LogP contribution < -0.4 is 11.5 Å². The van der Waals surface area contributed by atoms with E-state index in [1.54, 1.807) is 0 Å². The molecule has 0 aromatic heterocycles. The predicted molar refractivity (Wildman–Crippen MR) is 52.4 cm³/mol. The van der Waals surface area contributed by atoms with Gasteiger partial charge >= 0.3 is 0 Å². The highest BCUT2D eigenvalue weighted by atomic mass is 14.8. The summed E-state index contributed by atoms with van der Waals surface area (Å²) >= 11 is 0. The van der Waals surface area contributed by atoms with Crippen molar-refractivity contribution < 1.29 is 0 Å². The highest BCUT2D eigenvalue weighted by Gasteiger charge is 2.30. The molecule has 1 rings (SSSR count). The Morgan fingerprint density at radius 2 is 1.92 bits per heavy atom. The largest absolute Gasteiger partial charge is 0.399 e. The summed E-state index contributed by atoms with van der Waals surface area (Å²) in [6.45, 7) is 8.22. The van der Waals surface area contributed by atoms with Crippen LogP contribution in [0.3, 0.4) is 0 Å². The highest BCUT2D eigenvalue weighted by molar-refractivity contribution is 5.40. The summed E-state index contributed by atoms with van der Waals surface area (Å²) in [5, 5.41) is 0. The van der Waals surface area contributed by atoms with E-state index in [4.69, 9.17) is 11.5 Å². The lowest BCUT2D eigenvalue weighted by Gasteiger charge is -2.35. The normalized spacial score (nSPS) is 36.8. The van der Waals surface area contributed by atoms with E-state index in [-0.39, 0.29) is 5.54 Å². The first-order valence-electron chi connectivity index (χ1n) is 4.31. The van der Waals surface area contributed by atoms with Crippen molar-refractivity contribution in [3.8, 4) is 0 Å². The molecule has 2 nitrogen and oxygen atoms in total. The Hall–Kier alpha value is -0.760. The van der Waals surface area contributed by atoms with Gasteiger partial charge in [0.15, 0.2) is 0 Å². The highest BCUT2D eigenvalue weighted by Crippen LogP contribution is 2.32. The van der Waals surface area contributed by atoms with Crippen molar-refractivity contribution in [3.05, 3.63) is 22.9 Å². The average molecular weight is 166 g/mol. The second-order valence-electron chi connectivity index (χ2n) is 4.01. The van der Waals surface area contributed by atoms with Crippen molar-refractivity contribution in [3.63, 3.8) is 0 Å². The van der Waals surface area contributed by atoms with Gasteiger partial charge in [-0.15, -0.1) is 0 Å². The number of rotatable bonds is 0. The van der Waals surface area contributed by atoms with Gasteiger partial charge in [-0.2, -0.15) is 0 Å². The van der Waals surface area contributed by atoms with E-state index in [0.29, 0.717) is 5.92 Å². The molecule has 0 amide bonds. The molecule has 0 aromatic rings. The van der Waals surface area contributed by atoms with E-state index in [1.165, 1.54) is 5.57 Å². The predicted octanol–water partition coefficient (Wildman–Crippen LogP) is 1.53. The third kappa shape index (κ3) is 1.27. The van der Waals surface area contributed by atoms with Gasteiger partial charge in [-0.05, 0) is 31.9 Å². The molecule has 12 heavy (non-hydrogen) atoms. The zero-order valence-electron chi connectivity index (χ0n) is 8.31. The number of hydrogen-bond acceptors (Lipinski definition) is 2. The minimum Gasteiger partial charge on any atom is -0.399 e. The molecule has 2 heteroatoms. The first-order chi connectivity index (χ1) is 5.36. The van der Waals surface area contributed by atoms with Crippen molar-refractivity contribution in [1.82, 2.24) is 0 Å². The smallest absolute Gasteiger partial charge is 0.0381 e. The first-order valence-corrected chi connectivity index (χ1v) is 4.31. The molecular weight excluding hydrogens is 148 g/mol. The Morgan fingerprint density at radius 1 is 1.42 bits per heavy atom. The molecule has 1 aliphatic rings. The Kier molecular flexibility index (Phi) is 2.04. The van der Waals surface area contributed by atoms with Crippen molar-refractivity contribution in [1.29, 1.82) is 0 Å². The van der Waals surface area contributed by atoms with Gasteiger partial charge in [0.1, 0.15) is 0 Å². The van der Waals surface area contributed by atoms with Gasteiger partial charge in [-0.1, -0.05) is 13.0 Å². The lowest BCUT2D eigenvalue weighted by atomic mass is 9.76. The fourth-order valence-electron chi connectivity index (χ4n) is 1.68. The molecule has 4 N–H and O–H groups in total. The Labute approximate surface area is 74.3 Å². The van der Waals surface area contributed by atoms with E-state index < -0.39 is 0 Å². The quantitative estimate of drug-likeness (QED) is 0.573. The van der Waals surface area contributed by atoms with Crippen LogP contribution in [0.1, 0.15) is 27.7 Å². The van der Waals surface area contributed by atoms with Crippen LogP contribution in [-0.4, -0.2) is 5.54 Å². The van der Waals surface area contributed by atoms with Crippen LogP contribution in [0.15, 0.2) is 22.9 Å². The summed E-state index contributed by atoms with van der Waals surface area (Å²) in [6.07, 6.45) is 2.06. The maximum Gasteiger partial charge on any atom is 0.0381 e. The van der Waals surface area contributed by atoms with E-state index in [9.17, 15) is 0 Å². The second kappa shape index (κ2) is 2.63. The molecule has 0 heterocycles. The van der Waals surface area contributed by atoms with Crippen molar-refractivity contribution in [2.75, 3.05) is 0 Å². The third-order valence-electron chi connectivity index (χ3n) is 2.96. The monoisotopic (exact) mass is 166 g/mol. The van der Waals surface area contributed by atoms with E-state index in [1.807, 2.05) is 13.8 Å². The molecule has 2 atom stereocenters. The first kappa shape index (κ1) is 9.33. The van der Waals surface area contributed by atoms with Crippen LogP contribution in [0.2, 0.25) is 0 Å². The lowest BCUT2D eigenvalue weighted by molar-refractivity contribution is 0.427. The van der Waals surface area contributed by atoms with Crippen LogP contribution in [0.5, 0.6) is 0 Å². The molecule has 68 valence electrons. The van der Waals surface area contributed by atoms with Gasteiger partial charge in [0.2, 0.25) is 0 Å². The minimum atomic E-state index is -0.239. The van der Waals surface area contributed by atoms with Gasteiger partial charge in [-0.3, -0.25) is 0 Å². The zero-order chi connectivity index (χ0) is 9.52. The van der Waals surface area contributed by atoms with Gasteiger partial charge in [0.05, 0.1) is 0 Å². The van der Waals surface area contributed by atoms with Crippen LogP contribution >= 0.6 is 0 Å². The summed E-state index contributed by atoms with van der Waals surface area (Å²) in [6, 6.07) is 0. The Morgan fingerprint density at radius 3 is 2.42 bits per heavy atom. The molecule has 0 fully saturated rings. The van der Waals surface area contributed by atoms with Crippen LogP contribution in [0.4, 0.5) is 0 Å². The molecule has 0 bridgehead atoms. The fraction of sp³-hybridized carbons (Fsp3) is 0.600. The number of nitrogens with two attached hydrogens (primary N) is 2. The zero-order valence-corrected chi connectivity index (χ0v) is 8.31. The maximum atomic E-state index is 6.10. The average Bonchev–Trinajstić information content (AvgIpc) is 1.97. The van der Waals surface area contributed by atoms with Crippen molar-refractivity contribution >= 4 is 0 Å². The van der Waals surface area contributed by atoms with E-state index in [0.717, 1.165) is 11.3 Å². The van der Waals surface area contributed by atoms with Gasteiger partial charge in [-0.25, -0.2) is 0 Å². The van der Waals surface area contributed by atoms with E-state index >= 15 is 0 Å². The van der Waals surface area contributed by atoms with Crippen molar-refractivity contribution in [2.45, 2.75) is 33.2 Å². The van der Waals surface area contributed by atoms with Gasteiger partial charge in [0, 0.05) is 17.2 Å². The molecule has 0 aliphatic heterocycles. The molecular formula is C10H18N2. The van der Waals surface area contributed by atoms with Gasteiger partial charge < -0.3 is 11.5 Å². The molecule has 0 saturated heterocycles.